The van der Waals surface area contributed by atoms with Crippen molar-refractivity contribution in [3.63, 3.8) is 0 Å². The lowest BCUT2D eigenvalue weighted by atomic mass is 10.1. The summed E-state index contributed by atoms with van der Waals surface area (Å²) < 4.78 is 5.98. The average Bonchev–Trinajstić information content (AvgIpc) is 2.66. The Balaban J connectivity index is 2.30. The van der Waals surface area contributed by atoms with E-state index >= 15 is 0 Å². The number of nitrogens with zero attached hydrogens (tertiary/aromatic N) is 3. The van der Waals surface area contributed by atoms with E-state index in [0.29, 0.717) is 0 Å². The van der Waals surface area contributed by atoms with Crippen molar-refractivity contribution in [1.82, 2.24) is 14.5 Å². The first kappa shape index (κ1) is 12.9. The Morgan fingerprint density at radius 1 is 1.44 bits per heavy atom. The van der Waals surface area contributed by atoms with E-state index in [9.17, 15) is 15.0 Å². The van der Waals surface area contributed by atoms with Crippen LogP contribution in [0, 0.1) is 0 Å². The fraction of sp³-hybridized carbons (Fsp3) is 0.625. The van der Waals surface area contributed by atoms with Crippen molar-refractivity contribution in [3.8, 4) is 0 Å². The quantitative estimate of drug-likeness (QED) is 0.359. The molecule has 18 heavy (non-hydrogen) atoms. The summed E-state index contributed by atoms with van der Waals surface area (Å²) in [6.07, 6.45) is -3.90. The van der Waals surface area contributed by atoms with Gasteiger partial charge >= 0.3 is 5.69 Å². The molecule has 2 heterocycles. The lowest BCUT2D eigenvalue weighted by Crippen LogP contribution is -2.36. The second-order valence-corrected chi connectivity index (χ2v) is 3.71. The first-order valence-electron chi connectivity index (χ1n) is 5.06. The number of ether oxygens (including phenoxy) is 1. The average molecular weight is 260 g/mol. The molecule has 1 aliphatic heterocycles. The molecule has 1 aromatic rings. The van der Waals surface area contributed by atoms with E-state index in [1.54, 1.807) is 5.48 Å². The summed E-state index contributed by atoms with van der Waals surface area (Å²) in [4.78, 5) is 18.5. The maximum Gasteiger partial charge on any atom is 0.354 e. The van der Waals surface area contributed by atoms with Gasteiger partial charge in [0.15, 0.2) is 6.23 Å². The van der Waals surface area contributed by atoms with Gasteiger partial charge in [-0.15, -0.1) is 0 Å². The number of rotatable bonds is 3. The minimum absolute atomic E-state index is 0.303. The van der Waals surface area contributed by atoms with Crippen molar-refractivity contribution < 1.29 is 25.3 Å². The van der Waals surface area contributed by atoms with Gasteiger partial charge in [-0.05, 0) is 0 Å². The minimum Gasteiger partial charge on any atom is -0.394 e. The van der Waals surface area contributed by atoms with Crippen LogP contribution in [0.3, 0.4) is 0 Å². The highest BCUT2D eigenvalue weighted by atomic mass is 16.6. The third-order valence-corrected chi connectivity index (χ3v) is 2.62. The van der Waals surface area contributed by atoms with Crippen molar-refractivity contribution in [2.75, 3.05) is 12.1 Å². The minimum atomic E-state index is -1.39. The number of anilines is 1. The normalized spacial score (nSPS) is 31.6. The van der Waals surface area contributed by atoms with Crippen LogP contribution in [0.15, 0.2) is 11.1 Å². The monoisotopic (exact) mass is 260 g/mol. The molecule has 1 aromatic heterocycles. The molecule has 10 heteroatoms. The molecule has 0 aliphatic carbocycles. The largest absolute Gasteiger partial charge is 0.394 e. The van der Waals surface area contributed by atoms with E-state index in [4.69, 9.17) is 15.1 Å². The number of hydrogen-bond acceptors (Lipinski definition) is 9. The number of aromatic nitrogens is 3. The summed E-state index contributed by atoms with van der Waals surface area (Å²) in [5.41, 5.74) is 0.761. The second-order valence-electron chi connectivity index (χ2n) is 3.71. The highest BCUT2D eigenvalue weighted by molar-refractivity contribution is 5.15. The zero-order valence-electron chi connectivity index (χ0n) is 9.04. The van der Waals surface area contributed by atoms with Crippen LogP contribution in [0.2, 0.25) is 0 Å². The van der Waals surface area contributed by atoms with Crippen LogP contribution in [0.25, 0.3) is 0 Å². The molecule has 5 N–H and O–H groups in total. The smallest absolute Gasteiger partial charge is 0.354 e. The van der Waals surface area contributed by atoms with E-state index in [0.717, 1.165) is 10.9 Å². The number of nitrogens with one attached hydrogen (secondary N) is 1. The molecule has 4 atom stereocenters. The summed E-state index contributed by atoms with van der Waals surface area (Å²) in [7, 11) is 0. The third-order valence-electron chi connectivity index (χ3n) is 2.62. The molecule has 2 rings (SSSR count). The van der Waals surface area contributed by atoms with Crippen LogP contribution in [0.1, 0.15) is 6.23 Å². The standard InChI is InChI=1S/C8H12N4O6/c13-1-3-4(14)5(15)6(18-3)12-2-9-7(11-17)10-8(12)16/h2-6,13-15,17H,1H2,(H,10,11,16)/t3-,4?,5?,6-/m1/s1. The number of aliphatic hydroxyl groups is 3. The Morgan fingerprint density at radius 3 is 2.67 bits per heavy atom. The Kier molecular flexibility index (Phi) is 3.54. The van der Waals surface area contributed by atoms with Crippen molar-refractivity contribution in [1.29, 1.82) is 0 Å². The molecule has 10 nitrogen and oxygen atoms in total. The van der Waals surface area contributed by atoms with Crippen LogP contribution in [-0.4, -0.2) is 60.0 Å². The zero-order chi connectivity index (χ0) is 13.3. The van der Waals surface area contributed by atoms with Crippen molar-refractivity contribution >= 4 is 5.95 Å². The Bertz CT molecular complexity index is 479. The molecule has 0 amide bonds. The van der Waals surface area contributed by atoms with Gasteiger partial charge in [-0.25, -0.2) is 15.3 Å². The van der Waals surface area contributed by atoms with Gasteiger partial charge in [-0.2, -0.15) is 4.98 Å². The fourth-order valence-corrected chi connectivity index (χ4v) is 1.68. The van der Waals surface area contributed by atoms with Gasteiger partial charge in [-0.1, -0.05) is 0 Å². The highest BCUT2D eigenvalue weighted by Gasteiger charge is 2.43. The maximum atomic E-state index is 11.6. The summed E-state index contributed by atoms with van der Waals surface area (Å²) in [6, 6.07) is 0. The van der Waals surface area contributed by atoms with Crippen LogP contribution in [0.5, 0.6) is 0 Å². The predicted molar refractivity (Wildman–Crippen MR) is 54.7 cm³/mol. The Hall–Kier alpha value is -1.59. The van der Waals surface area contributed by atoms with Crippen molar-refractivity contribution in [2.45, 2.75) is 24.5 Å². The Labute approximate surface area is 100 Å². The zero-order valence-corrected chi connectivity index (χ0v) is 9.04. The predicted octanol–water partition coefficient (Wildman–Crippen LogP) is -2.95. The summed E-state index contributed by atoms with van der Waals surface area (Å²) >= 11 is 0. The first-order chi connectivity index (χ1) is 8.58. The number of aliphatic hydroxyl groups excluding tert-OH is 3. The lowest BCUT2D eigenvalue weighted by Gasteiger charge is -2.16. The third kappa shape index (κ3) is 2.07. The van der Waals surface area contributed by atoms with E-state index in [2.05, 4.69) is 9.97 Å². The molecule has 2 unspecified atom stereocenters. The van der Waals surface area contributed by atoms with Crippen molar-refractivity contribution in [2.24, 2.45) is 0 Å². The van der Waals surface area contributed by atoms with Gasteiger partial charge in [0.1, 0.15) is 24.6 Å². The molecular weight excluding hydrogens is 248 g/mol. The summed E-state index contributed by atoms with van der Waals surface area (Å²) in [6.45, 7) is -0.499. The van der Waals surface area contributed by atoms with Gasteiger partial charge in [0.05, 0.1) is 6.61 Å². The lowest BCUT2D eigenvalue weighted by molar-refractivity contribution is -0.0554. The fourth-order valence-electron chi connectivity index (χ4n) is 1.68. The first-order valence-corrected chi connectivity index (χ1v) is 5.06. The molecule has 0 radical (unpaired) electrons. The molecule has 100 valence electrons. The molecule has 0 aromatic carbocycles. The van der Waals surface area contributed by atoms with Gasteiger partial charge in [0, 0.05) is 0 Å². The molecule has 0 saturated carbocycles. The number of hydrogen-bond donors (Lipinski definition) is 5. The molecule has 1 fully saturated rings. The summed E-state index contributed by atoms with van der Waals surface area (Å²) in [5, 5.41) is 36.7. The van der Waals surface area contributed by atoms with E-state index in [1.165, 1.54) is 0 Å². The van der Waals surface area contributed by atoms with E-state index < -0.39 is 36.8 Å². The van der Waals surface area contributed by atoms with Crippen LogP contribution in [-0.2, 0) is 4.74 Å². The van der Waals surface area contributed by atoms with E-state index in [-0.39, 0.29) is 5.95 Å². The van der Waals surface area contributed by atoms with Crippen LogP contribution in [0.4, 0.5) is 5.95 Å². The van der Waals surface area contributed by atoms with Gasteiger partial charge in [-0.3, -0.25) is 9.77 Å². The second kappa shape index (κ2) is 4.96. The molecule has 0 spiro atoms. The van der Waals surface area contributed by atoms with Gasteiger partial charge < -0.3 is 20.1 Å². The van der Waals surface area contributed by atoms with Crippen LogP contribution < -0.4 is 11.2 Å². The topological polar surface area (TPSA) is 150 Å². The molecule has 1 aliphatic rings. The Morgan fingerprint density at radius 2 is 2.17 bits per heavy atom. The SMILES string of the molecule is O=c1nc(NO)ncn1[C@@H]1O[C@H](CO)C(O)C1O. The van der Waals surface area contributed by atoms with Gasteiger partial charge in [0.2, 0.25) is 0 Å². The summed E-state index contributed by atoms with van der Waals surface area (Å²) in [5.74, 6) is -0.303. The highest BCUT2D eigenvalue weighted by Crippen LogP contribution is 2.27. The van der Waals surface area contributed by atoms with Crippen LogP contribution >= 0.6 is 0 Å². The molecule has 0 bridgehead atoms. The maximum absolute atomic E-state index is 11.6. The van der Waals surface area contributed by atoms with Gasteiger partial charge in [0.25, 0.3) is 5.95 Å². The van der Waals surface area contributed by atoms with Crippen molar-refractivity contribution in [3.05, 3.63) is 16.8 Å². The molecule has 1 saturated heterocycles. The van der Waals surface area contributed by atoms with E-state index in [1.807, 2.05) is 0 Å². The molecular formula is C8H12N4O6.